The highest BCUT2D eigenvalue weighted by Gasteiger charge is 2.37. The number of amides is 1. The molecule has 1 aliphatic rings. The maximum atomic E-state index is 12.4. The number of anilines is 1. The molecule has 5 nitrogen and oxygen atoms in total. The zero-order valence-corrected chi connectivity index (χ0v) is 12.5. The summed E-state index contributed by atoms with van der Waals surface area (Å²) in [5, 5.41) is 0. The molecule has 3 rings (SSSR count). The van der Waals surface area contributed by atoms with Crippen LogP contribution in [0.5, 0.6) is 0 Å². The summed E-state index contributed by atoms with van der Waals surface area (Å²) >= 11 is 0. The number of aromatic nitrogens is 2. The van der Waals surface area contributed by atoms with Gasteiger partial charge in [0.15, 0.2) is 0 Å². The molecule has 0 unspecified atom stereocenters. The molecule has 0 saturated heterocycles. The van der Waals surface area contributed by atoms with E-state index in [2.05, 4.69) is 9.97 Å². The number of nitrogens with zero attached hydrogens (tertiary/aromatic N) is 3. The van der Waals surface area contributed by atoms with Gasteiger partial charge in [-0.05, 0) is 57.9 Å². The van der Waals surface area contributed by atoms with Crippen molar-refractivity contribution in [1.82, 2.24) is 9.97 Å². The van der Waals surface area contributed by atoms with Gasteiger partial charge in [0.1, 0.15) is 11.4 Å². The number of hydrogen-bond acceptors (Lipinski definition) is 4. The molecule has 0 aromatic carbocycles. The van der Waals surface area contributed by atoms with Gasteiger partial charge in [-0.1, -0.05) is 0 Å². The minimum Gasteiger partial charge on any atom is -0.443 e. The van der Waals surface area contributed by atoms with Gasteiger partial charge in [0.25, 0.3) is 0 Å². The summed E-state index contributed by atoms with van der Waals surface area (Å²) in [6.45, 7) is 5.61. The Bertz CT molecular complexity index is 675. The van der Waals surface area contributed by atoms with Gasteiger partial charge in [0.05, 0.1) is 11.0 Å². The van der Waals surface area contributed by atoms with E-state index < -0.39 is 5.60 Å². The van der Waals surface area contributed by atoms with Gasteiger partial charge in [-0.3, -0.25) is 9.88 Å². The van der Waals surface area contributed by atoms with Crippen LogP contribution < -0.4 is 4.90 Å². The van der Waals surface area contributed by atoms with Crippen molar-refractivity contribution in [2.75, 3.05) is 4.90 Å². The van der Waals surface area contributed by atoms with Crippen LogP contribution in [0, 0.1) is 0 Å². The molecule has 110 valence electrons. The number of pyridine rings is 2. The number of rotatable bonds is 2. The van der Waals surface area contributed by atoms with Crippen molar-refractivity contribution >= 4 is 22.9 Å². The molecule has 1 saturated carbocycles. The number of carbonyl (C=O) groups excluding carboxylic acids is 1. The van der Waals surface area contributed by atoms with Crippen molar-refractivity contribution in [3.05, 3.63) is 30.5 Å². The van der Waals surface area contributed by atoms with Crippen LogP contribution in [0.3, 0.4) is 0 Å². The third-order valence-corrected chi connectivity index (χ3v) is 3.19. The van der Waals surface area contributed by atoms with Crippen LogP contribution in [0.25, 0.3) is 11.0 Å². The molecule has 0 spiro atoms. The highest BCUT2D eigenvalue weighted by Crippen LogP contribution is 2.32. The smallest absolute Gasteiger partial charge is 0.416 e. The summed E-state index contributed by atoms with van der Waals surface area (Å²) in [6, 6.07) is 7.65. The zero-order chi connectivity index (χ0) is 15.0. The number of carbonyl (C=O) groups is 1. The summed E-state index contributed by atoms with van der Waals surface area (Å²) < 4.78 is 5.50. The molecule has 2 aromatic rings. The van der Waals surface area contributed by atoms with Gasteiger partial charge in [-0.2, -0.15) is 0 Å². The minimum absolute atomic E-state index is 0.196. The third kappa shape index (κ3) is 3.12. The van der Waals surface area contributed by atoms with Gasteiger partial charge in [-0.25, -0.2) is 9.78 Å². The predicted molar refractivity (Wildman–Crippen MR) is 81.3 cm³/mol. The number of fused-ring (bicyclic) bond motifs is 1. The quantitative estimate of drug-likeness (QED) is 0.847. The van der Waals surface area contributed by atoms with E-state index in [4.69, 9.17) is 4.74 Å². The van der Waals surface area contributed by atoms with Crippen LogP contribution in [0.4, 0.5) is 10.6 Å². The molecule has 0 radical (unpaired) electrons. The van der Waals surface area contributed by atoms with Gasteiger partial charge >= 0.3 is 6.09 Å². The second-order valence-electron chi connectivity index (χ2n) is 6.29. The first kappa shape index (κ1) is 13.8. The minimum atomic E-state index is -0.511. The van der Waals surface area contributed by atoms with Gasteiger partial charge in [-0.15, -0.1) is 0 Å². The monoisotopic (exact) mass is 285 g/mol. The largest absolute Gasteiger partial charge is 0.443 e. The summed E-state index contributed by atoms with van der Waals surface area (Å²) in [7, 11) is 0. The van der Waals surface area contributed by atoms with E-state index in [1.54, 1.807) is 11.1 Å². The lowest BCUT2D eigenvalue weighted by molar-refractivity contribution is 0.0576. The molecule has 0 aliphatic heterocycles. The second kappa shape index (κ2) is 4.98. The van der Waals surface area contributed by atoms with Crippen LogP contribution in [-0.4, -0.2) is 27.7 Å². The summed E-state index contributed by atoms with van der Waals surface area (Å²) in [5.74, 6) is 0.632. The van der Waals surface area contributed by atoms with Gasteiger partial charge in [0, 0.05) is 12.2 Å². The third-order valence-electron chi connectivity index (χ3n) is 3.19. The molecular formula is C16H19N3O2. The average Bonchev–Trinajstić information content (AvgIpc) is 3.21. The average molecular weight is 285 g/mol. The van der Waals surface area contributed by atoms with Crippen molar-refractivity contribution in [2.24, 2.45) is 0 Å². The Labute approximate surface area is 124 Å². The Morgan fingerprint density at radius 3 is 2.67 bits per heavy atom. The first-order valence-corrected chi connectivity index (χ1v) is 7.18. The van der Waals surface area contributed by atoms with E-state index in [1.165, 1.54) is 0 Å². The lowest BCUT2D eigenvalue weighted by Gasteiger charge is -2.26. The fraction of sp³-hybridized carbons (Fsp3) is 0.438. The summed E-state index contributed by atoms with van der Waals surface area (Å²) in [4.78, 5) is 22.9. The highest BCUT2D eigenvalue weighted by molar-refractivity contribution is 5.89. The Kier molecular flexibility index (Phi) is 3.27. The van der Waals surface area contributed by atoms with Crippen LogP contribution in [0.1, 0.15) is 33.6 Å². The second-order valence-corrected chi connectivity index (χ2v) is 6.29. The van der Waals surface area contributed by atoms with Crippen molar-refractivity contribution in [3.63, 3.8) is 0 Å². The van der Waals surface area contributed by atoms with Gasteiger partial charge < -0.3 is 4.74 Å². The zero-order valence-electron chi connectivity index (χ0n) is 12.5. The molecule has 0 bridgehead atoms. The maximum absolute atomic E-state index is 12.4. The molecule has 21 heavy (non-hydrogen) atoms. The maximum Gasteiger partial charge on any atom is 0.416 e. The molecular weight excluding hydrogens is 266 g/mol. The van der Waals surface area contributed by atoms with Crippen LogP contribution in [0.15, 0.2) is 30.5 Å². The number of hydrogen-bond donors (Lipinski definition) is 0. The summed E-state index contributed by atoms with van der Waals surface area (Å²) in [5.41, 5.74) is 1.09. The molecule has 0 N–H and O–H groups in total. The lowest BCUT2D eigenvalue weighted by atomic mass is 10.2. The van der Waals surface area contributed by atoms with Crippen molar-refractivity contribution < 1.29 is 9.53 Å². The van der Waals surface area contributed by atoms with E-state index in [0.29, 0.717) is 5.82 Å². The lowest BCUT2D eigenvalue weighted by Crippen LogP contribution is -2.38. The van der Waals surface area contributed by atoms with E-state index in [1.807, 2.05) is 45.0 Å². The first-order valence-electron chi connectivity index (χ1n) is 7.18. The van der Waals surface area contributed by atoms with E-state index in [-0.39, 0.29) is 12.1 Å². The van der Waals surface area contributed by atoms with Crippen LogP contribution >= 0.6 is 0 Å². The fourth-order valence-electron chi connectivity index (χ4n) is 2.15. The predicted octanol–water partition coefficient (Wildman–Crippen LogP) is 3.53. The topological polar surface area (TPSA) is 55.3 Å². The summed E-state index contributed by atoms with van der Waals surface area (Å²) in [6.07, 6.45) is 3.38. The SMILES string of the molecule is CC(C)(C)OC(=O)N(c1ccc2ncccc2n1)C1CC1. The Hall–Kier alpha value is -2.17. The molecule has 5 heteroatoms. The van der Waals surface area contributed by atoms with Crippen LogP contribution in [0.2, 0.25) is 0 Å². The van der Waals surface area contributed by atoms with Crippen LogP contribution in [-0.2, 0) is 4.74 Å². The van der Waals surface area contributed by atoms with Crippen molar-refractivity contribution in [3.8, 4) is 0 Å². The molecule has 1 amide bonds. The van der Waals surface area contributed by atoms with Crippen molar-refractivity contribution in [2.45, 2.75) is 45.3 Å². The Balaban J connectivity index is 1.94. The van der Waals surface area contributed by atoms with Crippen molar-refractivity contribution in [1.29, 1.82) is 0 Å². The highest BCUT2D eigenvalue weighted by atomic mass is 16.6. The number of ether oxygens (including phenoxy) is 1. The van der Waals surface area contributed by atoms with E-state index in [0.717, 1.165) is 23.9 Å². The standard InChI is InChI=1S/C16H19N3O2/c1-16(2,3)21-15(20)19(11-6-7-11)14-9-8-12-13(18-14)5-4-10-17-12/h4-5,8-11H,6-7H2,1-3H3. The normalized spacial score (nSPS) is 15.0. The first-order chi connectivity index (χ1) is 9.94. The molecule has 0 atom stereocenters. The fourth-order valence-corrected chi connectivity index (χ4v) is 2.15. The molecule has 1 fully saturated rings. The van der Waals surface area contributed by atoms with Gasteiger partial charge in [0.2, 0.25) is 0 Å². The molecule has 2 heterocycles. The Morgan fingerprint density at radius 1 is 1.24 bits per heavy atom. The van der Waals surface area contributed by atoms with E-state index in [9.17, 15) is 4.79 Å². The Morgan fingerprint density at radius 2 is 2.00 bits per heavy atom. The molecule has 1 aliphatic carbocycles. The van der Waals surface area contributed by atoms with E-state index >= 15 is 0 Å². The molecule has 2 aromatic heterocycles.